The van der Waals surface area contributed by atoms with E-state index in [1.807, 2.05) is 0 Å². The molecule has 0 aliphatic heterocycles. The van der Waals surface area contributed by atoms with E-state index in [0.29, 0.717) is 11.3 Å². The van der Waals surface area contributed by atoms with Crippen molar-refractivity contribution < 1.29 is 13.5 Å². The Kier molecular flexibility index (Phi) is 2.90. The molecule has 0 fully saturated rings. The van der Waals surface area contributed by atoms with Crippen molar-refractivity contribution in [1.82, 2.24) is 9.78 Å². The van der Waals surface area contributed by atoms with Crippen molar-refractivity contribution in [3.8, 4) is 11.6 Å². The molecule has 0 radical (unpaired) electrons. The second-order valence-electron chi connectivity index (χ2n) is 4.21. The first-order valence-electron chi connectivity index (χ1n) is 5.36. The first-order chi connectivity index (χ1) is 8.30. The van der Waals surface area contributed by atoms with E-state index in [9.17, 15) is 13.5 Å². The molecule has 6 heteroatoms. The normalized spacial score (nSPS) is 11.7. The Morgan fingerprint density at radius 1 is 1.17 bits per heavy atom. The number of hydrogen-bond acceptors (Lipinski definition) is 4. The van der Waals surface area contributed by atoms with Gasteiger partial charge in [0.05, 0.1) is 16.3 Å². The zero-order valence-electron chi connectivity index (χ0n) is 10.4. The number of aromatic nitrogens is 2. The minimum absolute atomic E-state index is 0.0691. The molecule has 0 saturated carbocycles. The van der Waals surface area contributed by atoms with Crippen molar-refractivity contribution in [2.45, 2.75) is 18.7 Å². The van der Waals surface area contributed by atoms with E-state index in [2.05, 4.69) is 5.10 Å². The highest BCUT2D eigenvalue weighted by Crippen LogP contribution is 2.24. The Balaban J connectivity index is 2.50. The van der Waals surface area contributed by atoms with Gasteiger partial charge < -0.3 is 5.11 Å². The van der Waals surface area contributed by atoms with E-state index in [1.54, 1.807) is 26.0 Å². The van der Waals surface area contributed by atoms with Gasteiger partial charge in [0.15, 0.2) is 9.84 Å². The van der Waals surface area contributed by atoms with E-state index in [0.717, 1.165) is 11.9 Å². The molecule has 1 aromatic carbocycles. The largest absolute Gasteiger partial charge is 0.493 e. The van der Waals surface area contributed by atoms with Crippen LogP contribution in [-0.2, 0) is 9.84 Å². The fourth-order valence-corrected chi connectivity index (χ4v) is 2.24. The molecule has 0 atom stereocenters. The van der Waals surface area contributed by atoms with Crippen LogP contribution in [0.2, 0.25) is 0 Å². The Morgan fingerprint density at radius 3 is 2.11 bits per heavy atom. The molecule has 5 nitrogen and oxygen atoms in total. The number of sulfone groups is 1. The van der Waals surface area contributed by atoms with Crippen molar-refractivity contribution in [1.29, 1.82) is 0 Å². The van der Waals surface area contributed by atoms with Gasteiger partial charge in [-0.15, -0.1) is 0 Å². The molecule has 2 aromatic rings. The van der Waals surface area contributed by atoms with E-state index in [1.165, 1.54) is 16.8 Å². The van der Waals surface area contributed by atoms with Gasteiger partial charge in [-0.05, 0) is 38.1 Å². The highest BCUT2D eigenvalue weighted by atomic mass is 32.2. The van der Waals surface area contributed by atoms with Crippen molar-refractivity contribution in [2.75, 3.05) is 6.26 Å². The van der Waals surface area contributed by atoms with Crippen molar-refractivity contribution in [2.24, 2.45) is 0 Å². The van der Waals surface area contributed by atoms with Gasteiger partial charge in [0.25, 0.3) is 0 Å². The number of nitrogens with zero attached hydrogens (tertiary/aromatic N) is 2. The number of rotatable bonds is 2. The second-order valence-corrected chi connectivity index (χ2v) is 6.23. The molecule has 18 heavy (non-hydrogen) atoms. The van der Waals surface area contributed by atoms with Crippen LogP contribution in [0.4, 0.5) is 0 Å². The van der Waals surface area contributed by atoms with Crippen LogP contribution in [0.25, 0.3) is 5.69 Å². The third-order valence-corrected chi connectivity index (χ3v) is 3.97. The molecule has 2 rings (SSSR count). The van der Waals surface area contributed by atoms with Crippen LogP contribution in [0, 0.1) is 13.8 Å². The third kappa shape index (κ3) is 2.11. The second kappa shape index (κ2) is 4.13. The average Bonchev–Trinajstić information content (AvgIpc) is 2.56. The van der Waals surface area contributed by atoms with Gasteiger partial charge in [-0.2, -0.15) is 5.10 Å². The fourth-order valence-electron chi connectivity index (χ4n) is 1.61. The predicted molar refractivity (Wildman–Crippen MR) is 67.8 cm³/mol. The van der Waals surface area contributed by atoms with Crippen LogP contribution in [0.15, 0.2) is 29.2 Å². The number of aromatic hydroxyl groups is 1. The zero-order chi connectivity index (χ0) is 13.5. The molecule has 0 amide bonds. The lowest BCUT2D eigenvalue weighted by Gasteiger charge is -2.04. The van der Waals surface area contributed by atoms with E-state index in [4.69, 9.17) is 0 Å². The minimum atomic E-state index is -3.21. The summed E-state index contributed by atoms with van der Waals surface area (Å²) in [4.78, 5) is 0.242. The van der Waals surface area contributed by atoms with Crippen LogP contribution in [0.5, 0.6) is 5.88 Å². The Hall–Kier alpha value is -1.82. The van der Waals surface area contributed by atoms with Crippen LogP contribution in [0.3, 0.4) is 0 Å². The first-order valence-corrected chi connectivity index (χ1v) is 7.25. The maximum atomic E-state index is 11.3. The average molecular weight is 266 g/mol. The molecule has 0 saturated heterocycles. The lowest BCUT2D eigenvalue weighted by atomic mass is 10.3. The minimum Gasteiger partial charge on any atom is -0.493 e. The summed E-state index contributed by atoms with van der Waals surface area (Å²) >= 11 is 0. The smallest absolute Gasteiger partial charge is 0.217 e. The molecule has 96 valence electrons. The molecule has 0 unspecified atom stereocenters. The molecular formula is C12H14N2O3S. The van der Waals surface area contributed by atoms with Crippen LogP contribution in [0.1, 0.15) is 11.3 Å². The summed E-state index contributed by atoms with van der Waals surface area (Å²) in [6.07, 6.45) is 1.15. The molecule has 1 N–H and O–H groups in total. The lowest BCUT2D eigenvalue weighted by Crippen LogP contribution is -1.99. The number of aryl methyl sites for hydroxylation is 1. The summed E-state index contributed by atoms with van der Waals surface area (Å²) in [5.74, 6) is 0.0691. The molecule has 0 spiro atoms. The van der Waals surface area contributed by atoms with Gasteiger partial charge in [0, 0.05) is 11.8 Å². The SMILES string of the molecule is Cc1nn(-c2ccc(S(C)(=O)=O)cc2)c(O)c1C. The quantitative estimate of drug-likeness (QED) is 0.896. The predicted octanol–water partition coefficient (Wildman–Crippen LogP) is 1.60. The summed E-state index contributed by atoms with van der Waals surface area (Å²) in [5, 5.41) is 14.1. The maximum absolute atomic E-state index is 11.3. The van der Waals surface area contributed by atoms with Crippen molar-refractivity contribution in [3.05, 3.63) is 35.5 Å². The lowest BCUT2D eigenvalue weighted by molar-refractivity contribution is 0.430. The van der Waals surface area contributed by atoms with E-state index >= 15 is 0 Å². The summed E-state index contributed by atoms with van der Waals surface area (Å²) in [7, 11) is -3.21. The fraction of sp³-hybridized carbons (Fsp3) is 0.250. The highest BCUT2D eigenvalue weighted by Gasteiger charge is 2.12. The van der Waals surface area contributed by atoms with Gasteiger partial charge >= 0.3 is 0 Å². The van der Waals surface area contributed by atoms with Gasteiger partial charge in [-0.1, -0.05) is 0 Å². The topological polar surface area (TPSA) is 72.2 Å². The van der Waals surface area contributed by atoms with Crippen molar-refractivity contribution in [3.63, 3.8) is 0 Å². The highest BCUT2D eigenvalue weighted by molar-refractivity contribution is 7.90. The van der Waals surface area contributed by atoms with Gasteiger partial charge in [-0.25, -0.2) is 13.1 Å². The maximum Gasteiger partial charge on any atom is 0.217 e. The van der Waals surface area contributed by atoms with E-state index < -0.39 is 9.84 Å². The standard InChI is InChI=1S/C12H14N2O3S/c1-8-9(2)13-14(12(8)15)10-4-6-11(7-5-10)18(3,16)17/h4-7,15H,1-3H3. The number of hydrogen-bond donors (Lipinski definition) is 1. The molecule has 0 aliphatic rings. The Labute approximate surface area is 106 Å². The monoisotopic (exact) mass is 266 g/mol. The summed E-state index contributed by atoms with van der Waals surface area (Å²) in [5.41, 5.74) is 2.07. The molecule has 0 bridgehead atoms. The number of benzene rings is 1. The molecule has 1 aromatic heterocycles. The zero-order valence-corrected chi connectivity index (χ0v) is 11.2. The summed E-state index contributed by atoms with van der Waals surface area (Å²) in [6.45, 7) is 3.58. The third-order valence-electron chi connectivity index (χ3n) is 2.84. The summed E-state index contributed by atoms with van der Waals surface area (Å²) < 4.78 is 24.1. The van der Waals surface area contributed by atoms with Crippen LogP contribution in [-0.4, -0.2) is 29.6 Å². The molecule has 0 aliphatic carbocycles. The Morgan fingerprint density at radius 2 is 1.72 bits per heavy atom. The van der Waals surface area contributed by atoms with Gasteiger partial charge in [0.2, 0.25) is 5.88 Å². The Bertz CT molecular complexity index is 685. The van der Waals surface area contributed by atoms with E-state index in [-0.39, 0.29) is 10.8 Å². The first kappa shape index (κ1) is 12.6. The molecule has 1 heterocycles. The van der Waals surface area contributed by atoms with Crippen LogP contribution >= 0.6 is 0 Å². The van der Waals surface area contributed by atoms with Crippen LogP contribution < -0.4 is 0 Å². The van der Waals surface area contributed by atoms with Gasteiger partial charge in [0.1, 0.15) is 0 Å². The van der Waals surface area contributed by atoms with Crippen molar-refractivity contribution >= 4 is 9.84 Å². The summed E-state index contributed by atoms with van der Waals surface area (Å²) in [6, 6.07) is 6.22. The molecular weight excluding hydrogens is 252 g/mol. The van der Waals surface area contributed by atoms with Gasteiger partial charge in [-0.3, -0.25) is 0 Å².